The minimum absolute atomic E-state index is 0.542. The number of aryl methyl sites for hydroxylation is 1. The van der Waals surface area contributed by atoms with E-state index in [4.69, 9.17) is 11.2 Å². The monoisotopic (exact) mass is 431 g/mol. The van der Waals surface area contributed by atoms with Gasteiger partial charge in [-0.1, -0.05) is 30.2 Å². The van der Waals surface area contributed by atoms with Crippen LogP contribution in [0.1, 0.15) is 30.4 Å². The van der Waals surface area contributed by atoms with Crippen molar-refractivity contribution in [1.29, 1.82) is 0 Å². The Labute approximate surface area is 194 Å². The largest absolute Gasteiger partial charge is 0.497 e. The molecule has 1 fully saturated rings. The molecule has 4 nitrogen and oxygen atoms in total. The van der Waals surface area contributed by atoms with E-state index in [1.165, 1.54) is 42.6 Å². The molecular formula is C28H37N3O. The summed E-state index contributed by atoms with van der Waals surface area (Å²) in [6.07, 6.45) is 11.6. The molecule has 1 atom stereocenters. The van der Waals surface area contributed by atoms with E-state index in [0.717, 1.165) is 57.9 Å². The molecule has 2 aromatic carbocycles. The molecule has 2 aliphatic rings. The van der Waals surface area contributed by atoms with Gasteiger partial charge in [-0.25, -0.2) is 0 Å². The van der Waals surface area contributed by atoms with Gasteiger partial charge in [0.2, 0.25) is 0 Å². The van der Waals surface area contributed by atoms with E-state index >= 15 is 0 Å². The number of piperazine rings is 1. The van der Waals surface area contributed by atoms with E-state index in [0.29, 0.717) is 6.04 Å². The average Bonchev–Trinajstić information content (AvgIpc) is 2.86. The minimum atomic E-state index is 0.542. The molecule has 1 aliphatic carbocycles. The lowest BCUT2D eigenvalue weighted by molar-refractivity contribution is 0.190. The fraction of sp³-hybridized carbons (Fsp3) is 0.500. The van der Waals surface area contributed by atoms with Crippen LogP contribution in [0.15, 0.2) is 48.5 Å². The molecular weight excluding hydrogens is 394 g/mol. The zero-order valence-corrected chi connectivity index (χ0v) is 19.5. The fourth-order valence-corrected chi connectivity index (χ4v) is 5.18. The highest BCUT2D eigenvalue weighted by Crippen LogP contribution is 2.28. The first-order chi connectivity index (χ1) is 15.8. The van der Waals surface area contributed by atoms with Crippen LogP contribution in [-0.4, -0.2) is 68.8 Å². The molecule has 0 aromatic heterocycles. The number of hydrogen-bond donors (Lipinski definition) is 0. The van der Waals surface area contributed by atoms with Crippen LogP contribution in [-0.2, 0) is 12.8 Å². The smallest absolute Gasteiger partial charge is 0.119 e. The predicted molar refractivity (Wildman–Crippen MR) is 134 cm³/mol. The molecule has 0 radical (unpaired) electrons. The molecule has 4 rings (SSSR count). The SMILES string of the molecule is C#CCN(CCCCN1CCN(c2ccccc2)CC1)[C@H]1CCc2ccc(OC)cc2C1. The number of methoxy groups -OCH3 is 1. The van der Waals surface area contributed by atoms with Crippen LogP contribution in [0, 0.1) is 12.3 Å². The zero-order valence-electron chi connectivity index (χ0n) is 19.5. The predicted octanol–water partition coefficient (Wildman–Crippen LogP) is 4.09. The van der Waals surface area contributed by atoms with Crippen molar-refractivity contribution < 1.29 is 4.74 Å². The summed E-state index contributed by atoms with van der Waals surface area (Å²) >= 11 is 0. The lowest BCUT2D eigenvalue weighted by Crippen LogP contribution is -2.46. The molecule has 32 heavy (non-hydrogen) atoms. The summed E-state index contributed by atoms with van der Waals surface area (Å²) in [6.45, 7) is 7.60. The van der Waals surface area contributed by atoms with Gasteiger partial charge in [0.15, 0.2) is 0 Å². The molecule has 0 spiro atoms. The van der Waals surface area contributed by atoms with E-state index < -0.39 is 0 Å². The molecule has 0 N–H and O–H groups in total. The number of nitrogens with zero attached hydrogens (tertiary/aromatic N) is 3. The molecule has 4 heteroatoms. The Hall–Kier alpha value is -2.48. The van der Waals surface area contributed by atoms with Crippen molar-refractivity contribution in [2.75, 3.05) is 57.8 Å². The van der Waals surface area contributed by atoms with Gasteiger partial charge in [0.1, 0.15) is 5.75 Å². The fourth-order valence-electron chi connectivity index (χ4n) is 5.18. The molecule has 1 heterocycles. The van der Waals surface area contributed by atoms with Gasteiger partial charge in [0.05, 0.1) is 13.7 Å². The van der Waals surface area contributed by atoms with E-state index in [2.05, 4.69) is 69.2 Å². The second kappa shape index (κ2) is 11.4. The first kappa shape index (κ1) is 22.7. The lowest BCUT2D eigenvalue weighted by atomic mass is 9.87. The molecule has 0 saturated carbocycles. The van der Waals surface area contributed by atoms with Gasteiger partial charge >= 0.3 is 0 Å². The first-order valence-electron chi connectivity index (χ1n) is 12.1. The lowest BCUT2D eigenvalue weighted by Gasteiger charge is -2.36. The molecule has 0 amide bonds. The Balaban J connectivity index is 1.21. The number of hydrogen-bond acceptors (Lipinski definition) is 4. The minimum Gasteiger partial charge on any atom is -0.497 e. The maximum absolute atomic E-state index is 5.73. The van der Waals surface area contributed by atoms with Crippen LogP contribution in [0.2, 0.25) is 0 Å². The van der Waals surface area contributed by atoms with Gasteiger partial charge in [0, 0.05) is 37.9 Å². The van der Waals surface area contributed by atoms with Crippen molar-refractivity contribution in [2.45, 2.75) is 38.1 Å². The van der Waals surface area contributed by atoms with Crippen molar-refractivity contribution in [3.8, 4) is 18.1 Å². The Morgan fingerprint density at radius 3 is 2.59 bits per heavy atom. The van der Waals surface area contributed by atoms with Crippen molar-refractivity contribution in [2.24, 2.45) is 0 Å². The van der Waals surface area contributed by atoms with Gasteiger partial charge in [0.25, 0.3) is 0 Å². The summed E-state index contributed by atoms with van der Waals surface area (Å²) in [4.78, 5) is 7.66. The quantitative estimate of drug-likeness (QED) is 0.440. The summed E-state index contributed by atoms with van der Waals surface area (Å²) in [5.41, 5.74) is 4.25. The van der Waals surface area contributed by atoms with Crippen LogP contribution in [0.3, 0.4) is 0 Å². The Morgan fingerprint density at radius 1 is 1.03 bits per heavy atom. The van der Waals surface area contributed by atoms with Gasteiger partial charge in [-0.15, -0.1) is 6.42 Å². The third-order valence-electron chi connectivity index (χ3n) is 7.09. The van der Waals surface area contributed by atoms with Crippen LogP contribution >= 0.6 is 0 Å². The van der Waals surface area contributed by atoms with Crippen molar-refractivity contribution >= 4 is 5.69 Å². The highest BCUT2D eigenvalue weighted by Gasteiger charge is 2.24. The Kier molecular flexibility index (Phi) is 8.09. The maximum Gasteiger partial charge on any atom is 0.119 e. The summed E-state index contributed by atoms with van der Waals surface area (Å²) < 4.78 is 5.44. The summed E-state index contributed by atoms with van der Waals surface area (Å²) in [6, 6.07) is 17.9. The molecule has 1 saturated heterocycles. The average molecular weight is 432 g/mol. The standard InChI is InChI=1S/C28H37N3O/c1-3-15-30(27-13-11-24-12-14-28(32-2)23-25(24)22-27)17-8-7-16-29-18-20-31(21-19-29)26-9-5-4-6-10-26/h1,4-6,9-10,12,14,23,27H,7-8,11,13,15-22H2,2H3/t27-/m0/s1. The number of ether oxygens (including phenoxy) is 1. The number of unbranched alkanes of at least 4 members (excludes halogenated alkanes) is 1. The normalized spacial score (nSPS) is 18.9. The van der Waals surface area contributed by atoms with Crippen LogP contribution in [0.4, 0.5) is 5.69 Å². The molecule has 0 bridgehead atoms. The van der Waals surface area contributed by atoms with Crippen molar-refractivity contribution in [1.82, 2.24) is 9.80 Å². The molecule has 2 aromatic rings. The summed E-state index contributed by atoms with van der Waals surface area (Å²) in [5, 5.41) is 0. The molecule has 0 unspecified atom stereocenters. The number of fused-ring (bicyclic) bond motifs is 1. The number of para-hydroxylation sites is 1. The summed E-state index contributed by atoms with van der Waals surface area (Å²) in [5.74, 6) is 3.87. The Bertz CT molecular complexity index is 883. The number of terminal acetylenes is 1. The maximum atomic E-state index is 5.73. The number of benzene rings is 2. The molecule has 1 aliphatic heterocycles. The highest BCUT2D eigenvalue weighted by atomic mass is 16.5. The van der Waals surface area contributed by atoms with Crippen LogP contribution in [0.5, 0.6) is 5.75 Å². The zero-order chi connectivity index (χ0) is 22.2. The van der Waals surface area contributed by atoms with E-state index in [1.807, 2.05) is 0 Å². The topological polar surface area (TPSA) is 19.0 Å². The van der Waals surface area contributed by atoms with Gasteiger partial charge < -0.3 is 9.64 Å². The van der Waals surface area contributed by atoms with E-state index in [9.17, 15) is 0 Å². The Morgan fingerprint density at radius 2 is 1.84 bits per heavy atom. The van der Waals surface area contributed by atoms with Gasteiger partial charge in [-0.3, -0.25) is 9.80 Å². The number of anilines is 1. The van der Waals surface area contributed by atoms with E-state index in [1.54, 1.807) is 7.11 Å². The second-order valence-corrected chi connectivity index (χ2v) is 9.08. The highest BCUT2D eigenvalue weighted by molar-refractivity contribution is 5.46. The van der Waals surface area contributed by atoms with Crippen molar-refractivity contribution in [3.05, 3.63) is 59.7 Å². The third kappa shape index (κ3) is 5.85. The molecule has 170 valence electrons. The van der Waals surface area contributed by atoms with Crippen molar-refractivity contribution in [3.63, 3.8) is 0 Å². The van der Waals surface area contributed by atoms with Crippen LogP contribution < -0.4 is 9.64 Å². The third-order valence-corrected chi connectivity index (χ3v) is 7.09. The second-order valence-electron chi connectivity index (χ2n) is 9.08. The van der Waals surface area contributed by atoms with Gasteiger partial charge in [-0.2, -0.15) is 0 Å². The van der Waals surface area contributed by atoms with Gasteiger partial charge in [-0.05, 0) is 80.6 Å². The summed E-state index contributed by atoms with van der Waals surface area (Å²) in [7, 11) is 1.74. The van der Waals surface area contributed by atoms with E-state index in [-0.39, 0.29) is 0 Å². The number of rotatable bonds is 9. The first-order valence-corrected chi connectivity index (χ1v) is 12.1. The van der Waals surface area contributed by atoms with Crippen LogP contribution in [0.25, 0.3) is 0 Å².